The van der Waals surface area contributed by atoms with Crippen LogP contribution in [0.15, 0.2) is 64.0 Å². The molecule has 2 aromatic rings. The van der Waals surface area contributed by atoms with Crippen molar-refractivity contribution in [3.8, 4) is 0 Å². The van der Waals surface area contributed by atoms with Crippen LogP contribution in [0.3, 0.4) is 0 Å². The summed E-state index contributed by atoms with van der Waals surface area (Å²) in [7, 11) is 0. The molecule has 4 heteroatoms. The Kier molecular flexibility index (Phi) is 5.93. The van der Waals surface area contributed by atoms with E-state index in [1.165, 1.54) is 14.7 Å². The third-order valence-electron chi connectivity index (χ3n) is 2.80. The fraction of sp³-hybridized carbons (Fsp3) is 0. The number of hydrogen-bond donors (Lipinski definition) is 0. The zero-order valence-electron chi connectivity index (χ0n) is 10.3. The van der Waals surface area contributed by atoms with E-state index >= 15 is 0 Å². The number of benzene rings is 2. The maximum atomic E-state index is 2.60. The van der Waals surface area contributed by atoms with Crippen LogP contribution in [0.2, 0.25) is 0 Å². The van der Waals surface area contributed by atoms with E-state index in [4.69, 9.17) is 0 Å². The molecule has 0 aliphatic carbocycles. The van der Waals surface area contributed by atoms with Gasteiger partial charge in [-0.15, -0.1) is 0 Å². The molecule has 0 unspecified atom stereocenters. The minimum atomic E-state index is -0.174. The molecule has 3 rings (SSSR count). The summed E-state index contributed by atoms with van der Waals surface area (Å²) in [6, 6.07) is 21.8. The van der Waals surface area contributed by atoms with Crippen molar-refractivity contribution in [2.45, 2.75) is 0 Å². The van der Waals surface area contributed by atoms with Gasteiger partial charge in [-0.05, 0) is 0 Å². The molecule has 0 nitrogen and oxygen atoms in total. The maximum absolute atomic E-state index is 2.60. The van der Waals surface area contributed by atoms with E-state index in [0.29, 0.717) is 0 Å². The van der Waals surface area contributed by atoms with Gasteiger partial charge in [0.15, 0.2) is 0 Å². The Labute approximate surface area is 166 Å². The van der Waals surface area contributed by atoms with Gasteiger partial charge < -0.3 is 0 Å². The van der Waals surface area contributed by atoms with Gasteiger partial charge in [-0.3, -0.25) is 0 Å². The van der Waals surface area contributed by atoms with E-state index in [1.807, 2.05) is 0 Å². The van der Waals surface area contributed by atoms with Crippen LogP contribution in [0.5, 0.6) is 0 Å². The Morgan fingerprint density at radius 3 is 2.05 bits per heavy atom. The van der Waals surface area contributed by atoms with Crippen molar-refractivity contribution >= 4 is 94.2 Å². The molecule has 0 aromatic heterocycles. The third kappa shape index (κ3) is 3.64. The quantitative estimate of drug-likeness (QED) is 0.307. The first kappa shape index (κ1) is 15.8. The van der Waals surface area contributed by atoms with Crippen molar-refractivity contribution in [2.75, 3.05) is 0 Å². The number of hydrogen-bond acceptors (Lipinski definition) is 0. The minimum absolute atomic E-state index is 0.118. The van der Waals surface area contributed by atoms with E-state index < -0.39 is 0 Å². The molecule has 0 N–H and O–H groups in total. The van der Waals surface area contributed by atoms with Crippen LogP contribution >= 0.6 is 45.2 Å². The summed E-state index contributed by atoms with van der Waals surface area (Å²) in [5.41, 5.74) is 2.86. The van der Waals surface area contributed by atoms with Crippen molar-refractivity contribution in [2.24, 2.45) is 0 Å². The Morgan fingerprint density at radius 2 is 1.40 bits per heavy atom. The Bertz CT molecular complexity index is 676. The van der Waals surface area contributed by atoms with Gasteiger partial charge >= 0.3 is 169 Å². The van der Waals surface area contributed by atoms with Gasteiger partial charge in [0.1, 0.15) is 0 Å². The molecule has 0 saturated heterocycles. The van der Waals surface area contributed by atoms with E-state index in [9.17, 15) is 0 Å². The molecule has 0 radical (unpaired) electrons. The van der Waals surface area contributed by atoms with Crippen molar-refractivity contribution in [3.05, 3.63) is 75.1 Å². The van der Waals surface area contributed by atoms with Crippen molar-refractivity contribution in [3.63, 3.8) is 0 Å². The zero-order valence-corrected chi connectivity index (χ0v) is 19.3. The first-order chi connectivity index (χ1) is 9.75. The summed E-state index contributed by atoms with van der Waals surface area (Å²) in [6.07, 6.45) is 0. The van der Waals surface area contributed by atoms with Gasteiger partial charge in [-0.2, -0.15) is 0 Å². The Balaban J connectivity index is 1.92. The normalized spacial score (nSPS) is 17.5. The summed E-state index contributed by atoms with van der Waals surface area (Å²) in [5.74, 6) is 0. The topological polar surface area (TPSA) is 0 Å². The molecule has 0 spiro atoms. The third-order valence-corrected chi connectivity index (χ3v) is 19.0. The van der Waals surface area contributed by atoms with Crippen LogP contribution in [0.25, 0.3) is 7.20 Å². The fourth-order valence-corrected chi connectivity index (χ4v) is 18.7. The summed E-state index contributed by atoms with van der Waals surface area (Å²) in [4.78, 5) is 0. The Morgan fingerprint density at radius 1 is 0.800 bits per heavy atom. The second-order valence-electron chi connectivity index (χ2n) is 4.14. The van der Waals surface area contributed by atoms with Crippen molar-refractivity contribution < 1.29 is 0 Å². The molecular weight excluding hydrogens is 701 g/mol. The fourth-order valence-electron chi connectivity index (χ4n) is 1.84. The van der Waals surface area contributed by atoms with Crippen LogP contribution in [-0.2, 0) is 0 Å². The second-order valence-corrected chi connectivity index (χ2v) is 16.9. The van der Waals surface area contributed by atoms with E-state index in [1.54, 1.807) is 6.92 Å². The van der Waals surface area contributed by atoms with Crippen LogP contribution in [0, 0.1) is 0 Å². The molecule has 2 aromatic carbocycles. The first-order valence-corrected chi connectivity index (χ1v) is 12.8. The molecule has 1 aliphatic heterocycles. The molecule has 0 amide bonds. The van der Waals surface area contributed by atoms with Gasteiger partial charge in [0.25, 0.3) is 0 Å². The molecule has 100 valence electrons. The monoisotopic (exact) mass is 716 g/mol. The van der Waals surface area contributed by atoms with Gasteiger partial charge in [0.2, 0.25) is 0 Å². The molecular formula is C16H10I2Te2. The van der Waals surface area contributed by atoms with E-state index in [2.05, 4.69) is 106 Å². The summed E-state index contributed by atoms with van der Waals surface area (Å²) < 4.78 is 6.67. The number of halogens is 2. The summed E-state index contributed by atoms with van der Waals surface area (Å²) in [6.45, 7) is 0. The first-order valence-electron chi connectivity index (χ1n) is 6.02. The molecule has 1 heterocycles. The van der Waals surface area contributed by atoms with E-state index in [-0.39, 0.29) is 41.8 Å². The molecule has 0 fully saturated rings. The van der Waals surface area contributed by atoms with Crippen LogP contribution in [0.4, 0.5) is 0 Å². The SMILES string of the molecule is IC1=C(c2ccccc2)[Te]/C(=C(/I)c2ccccc2)[Te]1. The van der Waals surface area contributed by atoms with Crippen LogP contribution < -0.4 is 0 Å². The molecule has 20 heavy (non-hydrogen) atoms. The van der Waals surface area contributed by atoms with Gasteiger partial charge in [-0.25, -0.2) is 0 Å². The summed E-state index contributed by atoms with van der Waals surface area (Å²) in [5, 5.41) is 0. The van der Waals surface area contributed by atoms with Crippen LogP contribution in [-0.4, -0.2) is 41.8 Å². The molecule has 1 aliphatic rings. The number of rotatable bonds is 2. The average Bonchev–Trinajstić information content (AvgIpc) is 2.90. The van der Waals surface area contributed by atoms with Gasteiger partial charge in [0, 0.05) is 0 Å². The van der Waals surface area contributed by atoms with Crippen molar-refractivity contribution in [1.29, 1.82) is 0 Å². The van der Waals surface area contributed by atoms with Gasteiger partial charge in [0.05, 0.1) is 0 Å². The van der Waals surface area contributed by atoms with Crippen molar-refractivity contribution in [1.82, 2.24) is 0 Å². The van der Waals surface area contributed by atoms with Gasteiger partial charge in [-0.1, -0.05) is 0 Å². The van der Waals surface area contributed by atoms with Crippen LogP contribution in [0.1, 0.15) is 11.1 Å². The predicted molar refractivity (Wildman–Crippen MR) is 106 cm³/mol. The Hall–Kier alpha value is 0.959. The van der Waals surface area contributed by atoms with E-state index in [0.717, 1.165) is 0 Å². The standard InChI is InChI=1S/C16H10I2Te2/c17-13(11-7-3-1-4-8-11)16-19-14(15(18)20-16)12-9-5-2-6-10-12/h1-10H/b16-13-. The molecule has 0 bridgehead atoms. The average molecular weight is 711 g/mol. The summed E-state index contributed by atoms with van der Waals surface area (Å²) >= 11 is 4.87. The zero-order chi connectivity index (χ0) is 13.9. The predicted octanol–water partition coefficient (Wildman–Crippen LogP) is 4.93. The molecule has 0 saturated carbocycles. The molecule has 0 atom stereocenters. The second kappa shape index (κ2) is 7.49.